The molecule has 3 amide bonds. The maximum absolute atomic E-state index is 14.0. The fourth-order valence-electron chi connectivity index (χ4n) is 5.02. The highest BCUT2D eigenvalue weighted by atomic mass is 16.6. The first kappa shape index (κ1) is 22.5. The summed E-state index contributed by atoms with van der Waals surface area (Å²) in [5.74, 6) is -0.760. The third kappa shape index (κ3) is 4.30. The van der Waals surface area contributed by atoms with Crippen molar-refractivity contribution < 1.29 is 24.2 Å². The number of benzene rings is 3. The summed E-state index contributed by atoms with van der Waals surface area (Å²) < 4.78 is 5.52. The first-order valence-electron chi connectivity index (χ1n) is 11.5. The predicted octanol–water partition coefficient (Wildman–Crippen LogP) is 4.75. The molecular weight excluding hydrogens is 446 g/mol. The summed E-state index contributed by atoms with van der Waals surface area (Å²) in [6.07, 6.45) is 0.482. The Morgan fingerprint density at radius 2 is 1.34 bits per heavy atom. The van der Waals surface area contributed by atoms with Crippen LogP contribution in [0.1, 0.15) is 12.8 Å². The molecule has 0 spiro atoms. The zero-order valence-corrected chi connectivity index (χ0v) is 18.9. The van der Waals surface area contributed by atoms with Crippen molar-refractivity contribution >= 4 is 29.5 Å². The molecule has 5 rings (SSSR count). The van der Waals surface area contributed by atoms with Gasteiger partial charge < -0.3 is 14.7 Å². The number of hydrogen-bond acceptors (Lipinski definition) is 4. The van der Waals surface area contributed by atoms with E-state index in [1.807, 2.05) is 66.7 Å². The molecule has 35 heavy (non-hydrogen) atoms. The van der Waals surface area contributed by atoms with E-state index in [9.17, 15) is 19.5 Å². The second-order valence-corrected chi connectivity index (χ2v) is 8.61. The smallest absolute Gasteiger partial charge is 0.415 e. The van der Waals surface area contributed by atoms with Crippen LogP contribution in [-0.2, 0) is 4.79 Å². The third-order valence-electron chi connectivity index (χ3n) is 6.53. The van der Waals surface area contributed by atoms with Gasteiger partial charge in [0.15, 0.2) is 6.04 Å². The Bertz CT molecular complexity index is 1170. The van der Waals surface area contributed by atoms with Gasteiger partial charge in [0.25, 0.3) is 0 Å². The van der Waals surface area contributed by atoms with Crippen molar-refractivity contribution in [3.05, 3.63) is 91.0 Å². The SMILES string of the molecule is O=C(O)[C@@H]1[C@H]2CC[C@@H](CN1C(=O)N(c1ccccc1)c1ccccc1)N2C(=O)Oc1ccccc1. The van der Waals surface area contributed by atoms with Crippen molar-refractivity contribution in [1.29, 1.82) is 0 Å². The van der Waals surface area contributed by atoms with E-state index in [1.54, 1.807) is 24.3 Å². The molecule has 2 fully saturated rings. The van der Waals surface area contributed by atoms with Gasteiger partial charge in [-0.2, -0.15) is 0 Å². The number of carboxylic acids is 1. The summed E-state index contributed by atoms with van der Waals surface area (Å²) in [5.41, 5.74) is 1.26. The maximum Gasteiger partial charge on any atom is 0.415 e. The molecule has 2 aliphatic rings. The van der Waals surface area contributed by atoms with Crippen LogP contribution >= 0.6 is 0 Å². The fourth-order valence-corrected chi connectivity index (χ4v) is 5.02. The molecule has 2 heterocycles. The van der Waals surface area contributed by atoms with Crippen molar-refractivity contribution in [2.24, 2.45) is 0 Å². The van der Waals surface area contributed by atoms with Gasteiger partial charge in [0.05, 0.1) is 23.5 Å². The van der Waals surface area contributed by atoms with Crippen molar-refractivity contribution in [2.75, 3.05) is 11.4 Å². The van der Waals surface area contributed by atoms with Gasteiger partial charge in [-0.05, 0) is 49.2 Å². The number of amides is 3. The van der Waals surface area contributed by atoms with Crippen molar-refractivity contribution in [3.8, 4) is 5.75 Å². The molecule has 0 aromatic heterocycles. The quantitative estimate of drug-likeness (QED) is 0.593. The molecule has 3 aromatic rings. The van der Waals surface area contributed by atoms with Gasteiger partial charge >= 0.3 is 18.1 Å². The highest BCUT2D eigenvalue weighted by Gasteiger charge is 2.54. The number of aliphatic carboxylic acids is 1. The van der Waals surface area contributed by atoms with E-state index in [1.165, 1.54) is 14.7 Å². The Hall–Kier alpha value is -4.33. The average Bonchev–Trinajstić information content (AvgIpc) is 3.18. The van der Waals surface area contributed by atoms with Gasteiger partial charge in [-0.3, -0.25) is 9.80 Å². The normalized spacial score (nSPS) is 20.9. The minimum Gasteiger partial charge on any atom is -0.480 e. The van der Waals surface area contributed by atoms with Crippen LogP contribution in [0, 0.1) is 0 Å². The lowest BCUT2D eigenvalue weighted by Gasteiger charge is -2.45. The minimum absolute atomic E-state index is 0.104. The molecule has 2 bridgehead atoms. The predicted molar refractivity (Wildman–Crippen MR) is 130 cm³/mol. The van der Waals surface area contributed by atoms with Gasteiger partial charge in [0, 0.05) is 6.54 Å². The van der Waals surface area contributed by atoms with Crippen LogP contribution < -0.4 is 9.64 Å². The number of nitrogens with zero attached hydrogens (tertiary/aromatic N) is 3. The number of carboxylic acid groups (broad SMARTS) is 1. The second kappa shape index (κ2) is 9.50. The summed E-state index contributed by atoms with van der Waals surface area (Å²) in [4.78, 5) is 43.9. The number of piperazine rings is 1. The van der Waals surface area contributed by atoms with Crippen LogP contribution in [0.3, 0.4) is 0 Å². The zero-order valence-electron chi connectivity index (χ0n) is 18.9. The summed E-state index contributed by atoms with van der Waals surface area (Å²) in [6, 6.07) is 24.3. The summed E-state index contributed by atoms with van der Waals surface area (Å²) >= 11 is 0. The Labute approximate surface area is 202 Å². The molecule has 0 unspecified atom stereocenters. The summed E-state index contributed by atoms with van der Waals surface area (Å²) in [6.45, 7) is 0.104. The lowest BCUT2D eigenvalue weighted by Crippen LogP contribution is -2.66. The van der Waals surface area contributed by atoms with Crippen LogP contribution in [0.25, 0.3) is 0 Å². The van der Waals surface area contributed by atoms with Crippen LogP contribution in [0.4, 0.5) is 21.0 Å². The standard InChI is InChI=1S/C27H25N3O5/c31-25(32)24-23-17-16-21(30(23)27(34)35-22-14-8-3-9-15-22)18-28(24)26(33)29(19-10-4-1-5-11-19)20-12-6-2-7-13-20/h1-15,21,23-24H,16-18H2,(H,31,32)/t21-,23+,24-/m0/s1. The number of rotatable bonds is 4. The van der Waals surface area contributed by atoms with E-state index >= 15 is 0 Å². The fraction of sp³-hybridized carbons (Fsp3) is 0.222. The van der Waals surface area contributed by atoms with Gasteiger partial charge in [-0.15, -0.1) is 0 Å². The highest BCUT2D eigenvalue weighted by Crippen LogP contribution is 2.37. The molecule has 178 valence electrons. The molecule has 0 radical (unpaired) electrons. The number of carbonyl (C=O) groups is 3. The van der Waals surface area contributed by atoms with E-state index < -0.39 is 30.2 Å². The molecule has 3 atom stereocenters. The third-order valence-corrected chi connectivity index (χ3v) is 6.53. The summed E-state index contributed by atoms with van der Waals surface area (Å²) in [5, 5.41) is 10.2. The van der Waals surface area contributed by atoms with Crippen LogP contribution in [0.5, 0.6) is 5.75 Å². The molecule has 2 saturated heterocycles. The Kier molecular flexibility index (Phi) is 6.10. The number of para-hydroxylation sites is 3. The highest BCUT2D eigenvalue weighted by molar-refractivity contribution is 6.01. The van der Waals surface area contributed by atoms with E-state index in [2.05, 4.69) is 0 Å². The molecule has 8 heteroatoms. The Balaban J connectivity index is 1.46. The first-order chi connectivity index (χ1) is 17.0. The van der Waals surface area contributed by atoms with Gasteiger partial charge in [-0.25, -0.2) is 14.4 Å². The topological polar surface area (TPSA) is 90.4 Å². The lowest BCUT2D eigenvalue weighted by molar-refractivity contribution is -0.145. The van der Waals surface area contributed by atoms with Gasteiger partial charge in [0.1, 0.15) is 5.75 Å². The molecule has 0 aliphatic carbocycles. The molecule has 2 aliphatic heterocycles. The largest absolute Gasteiger partial charge is 0.480 e. The number of urea groups is 1. The number of hydrogen-bond donors (Lipinski definition) is 1. The number of ether oxygens (including phenoxy) is 1. The lowest BCUT2D eigenvalue weighted by atomic mass is 10.0. The average molecular weight is 472 g/mol. The van der Waals surface area contributed by atoms with Crippen molar-refractivity contribution in [3.63, 3.8) is 0 Å². The van der Waals surface area contributed by atoms with E-state index in [0.717, 1.165) is 0 Å². The van der Waals surface area contributed by atoms with Gasteiger partial charge in [-0.1, -0.05) is 54.6 Å². The van der Waals surface area contributed by atoms with Crippen LogP contribution in [-0.4, -0.2) is 57.7 Å². The molecular formula is C27H25N3O5. The van der Waals surface area contributed by atoms with E-state index in [-0.39, 0.29) is 12.6 Å². The summed E-state index contributed by atoms with van der Waals surface area (Å²) in [7, 11) is 0. The second-order valence-electron chi connectivity index (χ2n) is 8.61. The van der Waals surface area contributed by atoms with Crippen LogP contribution in [0.2, 0.25) is 0 Å². The van der Waals surface area contributed by atoms with Gasteiger partial charge in [0.2, 0.25) is 0 Å². The Morgan fingerprint density at radius 1 is 0.800 bits per heavy atom. The zero-order chi connectivity index (χ0) is 24.4. The van der Waals surface area contributed by atoms with Crippen LogP contribution in [0.15, 0.2) is 91.0 Å². The van der Waals surface area contributed by atoms with Crippen molar-refractivity contribution in [2.45, 2.75) is 31.0 Å². The molecule has 0 saturated carbocycles. The number of carbonyl (C=O) groups excluding carboxylic acids is 2. The van der Waals surface area contributed by atoms with E-state index in [0.29, 0.717) is 30.0 Å². The number of anilines is 2. The maximum atomic E-state index is 14.0. The first-order valence-corrected chi connectivity index (χ1v) is 11.5. The minimum atomic E-state index is -1.19. The number of likely N-dealkylation sites (tertiary alicyclic amines) is 1. The molecule has 1 N–H and O–H groups in total. The number of fused-ring (bicyclic) bond motifs is 2. The Morgan fingerprint density at radius 3 is 1.89 bits per heavy atom. The monoisotopic (exact) mass is 471 g/mol. The van der Waals surface area contributed by atoms with E-state index in [4.69, 9.17) is 4.74 Å². The molecule has 3 aromatic carbocycles. The molecule has 8 nitrogen and oxygen atoms in total. The van der Waals surface area contributed by atoms with Crippen molar-refractivity contribution in [1.82, 2.24) is 9.80 Å².